The minimum Gasteiger partial charge on any atom is -0.496 e. The Bertz CT molecular complexity index is 1860. The Labute approximate surface area is 232 Å². The maximum atomic E-state index is 13.8. The fraction of sp³-hybridized carbons (Fsp3) is 0.207. The summed E-state index contributed by atoms with van der Waals surface area (Å²) in [5, 5.41) is 11.6. The van der Waals surface area contributed by atoms with E-state index in [-0.39, 0.29) is 23.4 Å². The predicted octanol–water partition coefficient (Wildman–Crippen LogP) is 4.28. The first-order valence-electron chi connectivity index (χ1n) is 12.4. The molecule has 0 saturated carbocycles. The molecule has 0 saturated heterocycles. The number of allylic oxidation sites excluding steroid dienone is 1. The molecule has 10 nitrogen and oxygen atoms in total. The van der Waals surface area contributed by atoms with Gasteiger partial charge in [-0.1, -0.05) is 35.6 Å². The van der Waals surface area contributed by atoms with Crippen LogP contribution in [-0.2, 0) is 9.53 Å². The summed E-state index contributed by atoms with van der Waals surface area (Å²) in [6.07, 6.45) is 1.57. The Morgan fingerprint density at radius 3 is 2.70 bits per heavy atom. The number of esters is 1. The van der Waals surface area contributed by atoms with Crippen LogP contribution < -0.4 is 19.6 Å². The van der Waals surface area contributed by atoms with E-state index in [2.05, 4.69) is 4.99 Å². The average Bonchev–Trinajstić information content (AvgIpc) is 3.52. The van der Waals surface area contributed by atoms with Crippen molar-refractivity contribution in [2.45, 2.75) is 26.8 Å². The van der Waals surface area contributed by atoms with E-state index >= 15 is 0 Å². The van der Waals surface area contributed by atoms with Crippen molar-refractivity contribution in [1.29, 1.82) is 0 Å². The van der Waals surface area contributed by atoms with Gasteiger partial charge in [-0.05, 0) is 50.6 Å². The molecule has 3 heterocycles. The normalized spacial score (nSPS) is 15.0. The molecule has 1 atom stereocenters. The van der Waals surface area contributed by atoms with Crippen LogP contribution in [-0.4, -0.2) is 29.2 Å². The van der Waals surface area contributed by atoms with E-state index < -0.39 is 16.9 Å². The second-order valence-corrected chi connectivity index (χ2v) is 10.0. The minimum atomic E-state index is -0.823. The summed E-state index contributed by atoms with van der Waals surface area (Å²) in [5.41, 5.74) is 1.94. The molecule has 0 N–H and O–H groups in total. The Kier molecular flexibility index (Phi) is 7.22. The van der Waals surface area contributed by atoms with Gasteiger partial charge < -0.3 is 13.9 Å². The third-order valence-electron chi connectivity index (χ3n) is 6.47. The zero-order chi connectivity index (χ0) is 28.6. The molecule has 0 radical (unpaired) electrons. The van der Waals surface area contributed by atoms with Crippen molar-refractivity contribution >= 4 is 29.1 Å². The molecule has 40 heavy (non-hydrogen) atoms. The summed E-state index contributed by atoms with van der Waals surface area (Å²) < 4.78 is 18.6. The van der Waals surface area contributed by atoms with Gasteiger partial charge in [0.25, 0.3) is 11.2 Å². The van der Waals surface area contributed by atoms with Crippen molar-refractivity contribution in [2.75, 3.05) is 13.7 Å². The summed E-state index contributed by atoms with van der Waals surface area (Å²) in [4.78, 5) is 43.0. The molecule has 1 aliphatic rings. The Morgan fingerprint density at radius 2 is 1.98 bits per heavy atom. The number of aryl methyl sites for hydroxylation is 1. The number of carbonyl (C=O) groups is 1. The van der Waals surface area contributed by atoms with Gasteiger partial charge in [0, 0.05) is 17.7 Å². The number of benzene rings is 2. The number of methoxy groups -OCH3 is 1. The number of hydrogen-bond donors (Lipinski definition) is 0. The van der Waals surface area contributed by atoms with Crippen LogP contribution in [0.5, 0.6) is 5.75 Å². The molecule has 0 fully saturated rings. The lowest BCUT2D eigenvalue weighted by Gasteiger charge is -2.25. The van der Waals surface area contributed by atoms with Crippen molar-refractivity contribution in [1.82, 2.24) is 4.57 Å². The van der Waals surface area contributed by atoms with E-state index in [1.807, 2.05) is 0 Å². The number of nitrogens with zero attached hydrogens (tertiary/aromatic N) is 3. The molecule has 0 bridgehead atoms. The summed E-state index contributed by atoms with van der Waals surface area (Å²) in [7, 11) is 1.52. The van der Waals surface area contributed by atoms with Crippen LogP contribution in [0.15, 0.2) is 80.1 Å². The zero-order valence-electron chi connectivity index (χ0n) is 22.2. The van der Waals surface area contributed by atoms with E-state index in [9.17, 15) is 19.7 Å². The molecule has 0 unspecified atom stereocenters. The van der Waals surface area contributed by atoms with Crippen molar-refractivity contribution in [3.05, 3.63) is 113 Å². The summed E-state index contributed by atoms with van der Waals surface area (Å²) in [6.45, 7) is 5.36. The number of hydrogen-bond acceptors (Lipinski definition) is 9. The monoisotopic (exact) mass is 559 g/mol. The predicted molar refractivity (Wildman–Crippen MR) is 149 cm³/mol. The molecule has 0 amide bonds. The van der Waals surface area contributed by atoms with E-state index in [1.54, 1.807) is 75.4 Å². The van der Waals surface area contributed by atoms with Crippen LogP contribution >= 0.6 is 11.3 Å². The second kappa shape index (κ2) is 10.8. The van der Waals surface area contributed by atoms with Crippen molar-refractivity contribution in [3.63, 3.8) is 0 Å². The van der Waals surface area contributed by atoms with Gasteiger partial charge in [0.2, 0.25) is 0 Å². The van der Waals surface area contributed by atoms with Gasteiger partial charge in [0.1, 0.15) is 23.3 Å². The number of nitro groups is 1. The van der Waals surface area contributed by atoms with Crippen molar-refractivity contribution in [3.8, 4) is 17.1 Å². The quantitative estimate of drug-likeness (QED) is 0.188. The van der Waals surface area contributed by atoms with Gasteiger partial charge in [-0.3, -0.25) is 19.5 Å². The molecule has 1 aliphatic heterocycles. The van der Waals surface area contributed by atoms with E-state index in [1.165, 1.54) is 17.7 Å². The summed E-state index contributed by atoms with van der Waals surface area (Å²) in [6, 6.07) is 14.5. The Morgan fingerprint density at radius 1 is 1.20 bits per heavy atom. The standard InChI is InChI=1S/C29H25N3O7S/c1-5-38-28(34)25-17(3)30-29-31(26(25)20-8-6-7-9-22(20)37-4)27(33)24(40-29)15-18-11-13-23(39-18)19-12-10-16(2)14-21(19)32(35)36/h6-15,26H,5H2,1-4H3/b24-15-/t26-/m1/s1. The second-order valence-electron chi connectivity index (χ2n) is 9.02. The third kappa shape index (κ3) is 4.75. The largest absolute Gasteiger partial charge is 0.496 e. The van der Waals surface area contributed by atoms with Crippen LogP contribution in [0.3, 0.4) is 0 Å². The number of thiazole rings is 1. The fourth-order valence-electron chi connectivity index (χ4n) is 4.68. The van der Waals surface area contributed by atoms with Crippen molar-refractivity contribution in [2.24, 2.45) is 4.99 Å². The zero-order valence-corrected chi connectivity index (χ0v) is 23.0. The third-order valence-corrected chi connectivity index (χ3v) is 7.45. The lowest BCUT2D eigenvalue weighted by atomic mass is 9.95. The Hall–Kier alpha value is -4.77. The molecule has 204 valence electrons. The highest BCUT2D eigenvalue weighted by Crippen LogP contribution is 2.36. The number of rotatable bonds is 7. The molecule has 5 rings (SSSR count). The first-order valence-corrected chi connectivity index (χ1v) is 13.2. The van der Waals surface area contributed by atoms with Gasteiger partial charge in [0.15, 0.2) is 4.80 Å². The minimum absolute atomic E-state index is 0.0703. The molecule has 11 heteroatoms. The molecule has 4 aromatic rings. The maximum Gasteiger partial charge on any atom is 0.338 e. The lowest BCUT2D eigenvalue weighted by molar-refractivity contribution is -0.384. The average molecular weight is 560 g/mol. The number of nitro benzene ring substituents is 1. The lowest BCUT2D eigenvalue weighted by Crippen LogP contribution is -2.40. The maximum absolute atomic E-state index is 13.8. The smallest absolute Gasteiger partial charge is 0.338 e. The first kappa shape index (κ1) is 26.8. The molecule has 0 aliphatic carbocycles. The molecule has 2 aromatic heterocycles. The summed E-state index contributed by atoms with van der Waals surface area (Å²) in [5.74, 6) is 0.585. The van der Waals surface area contributed by atoms with Gasteiger partial charge in [-0.15, -0.1) is 0 Å². The molecular formula is C29H25N3O7S. The van der Waals surface area contributed by atoms with Gasteiger partial charge in [-0.25, -0.2) is 9.79 Å². The fourth-order valence-corrected chi connectivity index (χ4v) is 5.71. The Balaban J connectivity index is 1.66. The van der Waals surface area contributed by atoms with E-state index in [4.69, 9.17) is 13.9 Å². The number of para-hydroxylation sites is 1. The number of aromatic nitrogens is 1. The van der Waals surface area contributed by atoms with Gasteiger partial charge in [0.05, 0.1) is 40.0 Å². The van der Waals surface area contributed by atoms with Crippen LogP contribution in [0.1, 0.15) is 36.8 Å². The van der Waals surface area contributed by atoms with E-state index in [0.717, 1.165) is 16.9 Å². The summed E-state index contributed by atoms with van der Waals surface area (Å²) >= 11 is 1.15. The molecule has 2 aromatic carbocycles. The van der Waals surface area contributed by atoms with Crippen molar-refractivity contribution < 1.29 is 23.6 Å². The van der Waals surface area contributed by atoms with Crippen LogP contribution in [0, 0.1) is 17.0 Å². The highest BCUT2D eigenvalue weighted by atomic mass is 32.1. The molecular weight excluding hydrogens is 534 g/mol. The van der Waals surface area contributed by atoms with Crippen LogP contribution in [0.4, 0.5) is 5.69 Å². The van der Waals surface area contributed by atoms with E-state index in [0.29, 0.717) is 43.4 Å². The van der Waals surface area contributed by atoms with Crippen LogP contribution in [0.2, 0.25) is 0 Å². The SMILES string of the molecule is CCOC(=O)C1=C(C)N=c2s/c(=C\c3ccc(-c4ccc(C)cc4[N+](=O)[O-])o3)c(=O)n2[C@@H]1c1ccccc1OC. The number of carbonyl (C=O) groups excluding carboxylic acids is 1. The molecule has 0 spiro atoms. The highest BCUT2D eigenvalue weighted by Gasteiger charge is 2.35. The first-order chi connectivity index (χ1) is 19.2. The van der Waals surface area contributed by atoms with Crippen LogP contribution in [0.25, 0.3) is 17.4 Å². The van der Waals surface area contributed by atoms with Gasteiger partial charge in [-0.2, -0.15) is 0 Å². The number of fused-ring (bicyclic) bond motifs is 1. The van der Waals surface area contributed by atoms with Gasteiger partial charge >= 0.3 is 5.97 Å². The number of ether oxygens (including phenoxy) is 2. The topological polar surface area (TPSA) is 126 Å². The highest BCUT2D eigenvalue weighted by molar-refractivity contribution is 7.07. The number of furan rings is 1.